The number of rotatable bonds is 5. The molecule has 2 aromatic rings. The molecule has 0 heterocycles. The second kappa shape index (κ2) is 6.29. The van der Waals surface area contributed by atoms with Crippen LogP contribution in [0.25, 0.3) is 0 Å². The fraction of sp³-hybridized carbons (Fsp3) is 0.333. The highest BCUT2D eigenvalue weighted by molar-refractivity contribution is 7.81. The first-order chi connectivity index (χ1) is 9.25. The molecule has 0 bridgehead atoms. The Labute approximate surface area is 122 Å². The molecule has 0 saturated heterocycles. The van der Waals surface area contributed by atoms with E-state index in [-0.39, 0.29) is 5.41 Å². The molecule has 0 aromatic heterocycles. The average molecular weight is 270 g/mol. The van der Waals surface area contributed by atoms with Crippen molar-refractivity contribution >= 4 is 12.6 Å². The monoisotopic (exact) mass is 270 g/mol. The van der Waals surface area contributed by atoms with Gasteiger partial charge in [-0.3, -0.25) is 0 Å². The maximum Gasteiger partial charge on any atom is 0.0316 e. The zero-order valence-corrected chi connectivity index (χ0v) is 12.6. The smallest absolute Gasteiger partial charge is 0.0316 e. The van der Waals surface area contributed by atoms with Gasteiger partial charge in [-0.05, 0) is 24.0 Å². The molecule has 0 fully saturated rings. The van der Waals surface area contributed by atoms with Gasteiger partial charge in [0.15, 0.2) is 0 Å². The van der Waals surface area contributed by atoms with Gasteiger partial charge < -0.3 is 0 Å². The molecule has 100 valence electrons. The van der Waals surface area contributed by atoms with Crippen molar-refractivity contribution in [3.8, 4) is 0 Å². The minimum atomic E-state index is 0.000378. The second-order valence-corrected chi connectivity index (χ2v) is 5.60. The van der Waals surface area contributed by atoms with E-state index in [1.54, 1.807) is 0 Å². The Balaban J connectivity index is 2.62. The summed E-state index contributed by atoms with van der Waals surface area (Å²) >= 11 is 4.91. The third-order valence-electron chi connectivity index (χ3n) is 4.09. The fourth-order valence-corrected chi connectivity index (χ4v) is 3.50. The lowest BCUT2D eigenvalue weighted by atomic mass is 9.69. The van der Waals surface area contributed by atoms with Crippen LogP contribution < -0.4 is 0 Å². The van der Waals surface area contributed by atoms with E-state index in [0.717, 1.165) is 12.8 Å². The molecule has 1 unspecified atom stereocenters. The standard InChI is InChI=1S/C18H22S/c1-3-17(19)18(4-2,15-11-7-5-8-12-15)16-13-9-6-10-14-16/h5-14,17,19H,3-4H2,1-2H3. The molecule has 0 radical (unpaired) electrons. The van der Waals surface area contributed by atoms with Crippen molar-refractivity contribution in [2.75, 3.05) is 0 Å². The number of hydrogen-bond acceptors (Lipinski definition) is 1. The van der Waals surface area contributed by atoms with Crippen LogP contribution in [0.1, 0.15) is 37.8 Å². The Hall–Kier alpha value is -1.21. The van der Waals surface area contributed by atoms with E-state index in [1.807, 2.05) is 0 Å². The maximum absolute atomic E-state index is 4.91. The van der Waals surface area contributed by atoms with Gasteiger partial charge in [0.05, 0.1) is 0 Å². The lowest BCUT2D eigenvalue weighted by molar-refractivity contribution is 0.466. The zero-order valence-electron chi connectivity index (χ0n) is 11.7. The van der Waals surface area contributed by atoms with Gasteiger partial charge in [-0.15, -0.1) is 0 Å². The molecule has 2 rings (SSSR count). The topological polar surface area (TPSA) is 0 Å². The Bertz CT molecular complexity index is 450. The molecule has 1 heteroatoms. The summed E-state index contributed by atoms with van der Waals surface area (Å²) in [6.45, 7) is 4.48. The molecule has 0 saturated carbocycles. The molecular formula is C18H22S. The van der Waals surface area contributed by atoms with Gasteiger partial charge in [0.2, 0.25) is 0 Å². The van der Waals surface area contributed by atoms with E-state index < -0.39 is 0 Å². The predicted octanol–water partition coefficient (Wildman–Crippen LogP) is 5.09. The molecule has 19 heavy (non-hydrogen) atoms. The lowest BCUT2D eigenvalue weighted by Crippen LogP contribution is -2.36. The van der Waals surface area contributed by atoms with Crippen molar-refractivity contribution in [2.45, 2.75) is 37.4 Å². The van der Waals surface area contributed by atoms with Crippen molar-refractivity contribution < 1.29 is 0 Å². The zero-order chi connectivity index (χ0) is 13.7. The Kier molecular flexibility index (Phi) is 4.71. The molecule has 0 aliphatic heterocycles. The largest absolute Gasteiger partial charge is 0.175 e. The third kappa shape index (κ3) is 2.57. The summed E-state index contributed by atoms with van der Waals surface area (Å²) in [5.74, 6) is 0. The Morgan fingerprint density at radius 3 is 1.58 bits per heavy atom. The van der Waals surface area contributed by atoms with Crippen LogP contribution >= 0.6 is 12.6 Å². The average Bonchev–Trinajstić information content (AvgIpc) is 2.50. The molecule has 0 aliphatic rings. The van der Waals surface area contributed by atoms with Crippen molar-refractivity contribution in [1.29, 1.82) is 0 Å². The summed E-state index contributed by atoms with van der Waals surface area (Å²) in [6.07, 6.45) is 2.11. The quantitative estimate of drug-likeness (QED) is 0.719. The molecule has 2 aromatic carbocycles. The number of hydrogen-bond donors (Lipinski definition) is 1. The van der Waals surface area contributed by atoms with Crippen molar-refractivity contribution in [3.05, 3.63) is 71.8 Å². The van der Waals surface area contributed by atoms with Gasteiger partial charge in [-0.2, -0.15) is 12.6 Å². The first-order valence-corrected chi connectivity index (χ1v) is 7.56. The summed E-state index contributed by atoms with van der Waals surface area (Å²) in [5, 5.41) is 0.322. The van der Waals surface area contributed by atoms with Gasteiger partial charge in [0.1, 0.15) is 0 Å². The molecule has 0 spiro atoms. The van der Waals surface area contributed by atoms with E-state index in [9.17, 15) is 0 Å². The van der Waals surface area contributed by atoms with Crippen LogP contribution in [0.4, 0.5) is 0 Å². The highest BCUT2D eigenvalue weighted by atomic mass is 32.1. The highest BCUT2D eigenvalue weighted by Gasteiger charge is 2.37. The summed E-state index contributed by atoms with van der Waals surface area (Å²) in [5.41, 5.74) is 2.73. The van der Waals surface area contributed by atoms with E-state index >= 15 is 0 Å². The second-order valence-electron chi connectivity index (χ2n) is 4.98. The third-order valence-corrected chi connectivity index (χ3v) is 4.90. The first-order valence-electron chi connectivity index (χ1n) is 7.04. The van der Waals surface area contributed by atoms with Crippen LogP contribution in [-0.4, -0.2) is 5.25 Å². The van der Waals surface area contributed by atoms with Crippen molar-refractivity contribution in [3.63, 3.8) is 0 Å². The number of benzene rings is 2. The van der Waals surface area contributed by atoms with Crippen LogP contribution in [0.2, 0.25) is 0 Å². The van der Waals surface area contributed by atoms with E-state index in [0.29, 0.717) is 5.25 Å². The molecular weight excluding hydrogens is 248 g/mol. The minimum Gasteiger partial charge on any atom is -0.175 e. The minimum absolute atomic E-state index is 0.000378. The van der Waals surface area contributed by atoms with Crippen molar-refractivity contribution in [1.82, 2.24) is 0 Å². The van der Waals surface area contributed by atoms with Gasteiger partial charge >= 0.3 is 0 Å². The SMILES string of the molecule is CCC(S)C(CC)(c1ccccc1)c1ccccc1. The summed E-state index contributed by atoms with van der Waals surface area (Å²) in [7, 11) is 0. The van der Waals surface area contributed by atoms with E-state index in [2.05, 4.69) is 74.5 Å². The van der Waals surface area contributed by atoms with Crippen LogP contribution in [0.3, 0.4) is 0 Å². The highest BCUT2D eigenvalue weighted by Crippen LogP contribution is 2.42. The summed E-state index contributed by atoms with van der Waals surface area (Å²) in [4.78, 5) is 0. The molecule has 0 amide bonds. The van der Waals surface area contributed by atoms with E-state index in [1.165, 1.54) is 11.1 Å². The van der Waals surface area contributed by atoms with Gasteiger partial charge in [0.25, 0.3) is 0 Å². The van der Waals surface area contributed by atoms with Gasteiger partial charge in [-0.1, -0.05) is 74.5 Å². The first kappa shape index (κ1) is 14.2. The van der Waals surface area contributed by atoms with Gasteiger partial charge in [-0.25, -0.2) is 0 Å². The Morgan fingerprint density at radius 1 is 0.842 bits per heavy atom. The van der Waals surface area contributed by atoms with Crippen LogP contribution in [0.5, 0.6) is 0 Å². The molecule has 0 nitrogen and oxygen atoms in total. The van der Waals surface area contributed by atoms with Crippen LogP contribution in [0.15, 0.2) is 60.7 Å². The molecule has 0 aliphatic carbocycles. The van der Waals surface area contributed by atoms with Gasteiger partial charge in [0, 0.05) is 10.7 Å². The maximum atomic E-state index is 4.91. The normalized spacial score (nSPS) is 13.2. The number of thiol groups is 1. The molecule has 0 N–H and O–H groups in total. The van der Waals surface area contributed by atoms with Crippen LogP contribution in [-0.2, 0) is 5.41 Å². The lowest BCUT2D eigenvalue weighted by Gasteiger charge is -2.39. The van der Waals surface area contributed by atoms with Crippen LogP contribution in [0, 0.1) is 0 Å². The predicted molar refractivity (Wildman–Crippen MR) is 87.0 cm³/mol. The van der Waals surface area contributed by atoms with Crippen molar-refractivity contribution in [2.24, 2.45) is 0 Å². The molecule has 1 atom stereocenters. The summed E-state index contributed by atoms with van der Waals surface area (Å²) < 4.78 is 0. The van der Waals surface area contributed by atoms with E-state index in [4.69, 9.17) is 12.6 Å². The Morgan fingerprint density at radius 2 is 1.26 bits per heavy atom. The summed E-state index contributed by atoms with van der Waals surface area (Å²) in [6, 6.07) is 21.6. The fourth-order valence-electron chi connectivity index (χ4n) is 3.01.